The van der Waals surface area contributed by atoms with Crippen molar-refractivity contribution >= 4 is 15.9 Å². The van der Waals surface area contributed by atoms with Crippen LogP contribution in [0.3, 0.4) is 0 Å². The molecule has 0 atom stereocenters. The predicted molar refractivity (Wildman–Crippen MR) is 53.8 cm³/mol. The fourth-order valence-electron chi connectivity index (χ4n) is 1.86. The minimum atomic E-state index is -0.0995. The standard InChI is InChI=1S/C10H11BrO2/c11-9-8-3-1-2-6(8)4-7(5-12)10(9)13/h4,12-13H,1-3,5H2. The third kappa shape index (κ3) is 1.36. The molecule has 0 bridgehead atoms. The second kappa shape index (κ2) is 3.31. The largest absolute Gasteiger partial charge is 0.506 e. The zero-order valence-corrected chi connectivity index (χ0v) is 8.76. The van der Waals surface area contributed by atoms with E-state index >= 15 is 0 Å². The third-order valence-corrected chi connectivity index (χ3v) is 3.41. The van der Waals surface area contributed by atoms with Gasteiger partial charge in [0.15, 0.2) is 0 Å². The number of hydrogen-bond acceptors (Lipinski definition) is 2. The van der Waals surface area contributed by atoms with Gasteiger partial charge in [0.25, 0.3) is 0 Å². The van der Waals surface area contributed by atoms with Gasteiger partial charge >= 0.3 is 0 Å². The lowest BCUT2D eigenvalue weighted by atomic mass is 10.1. The second-order valence-corrected chi connectivity index (χ2v) is 4.14. The first kappa shape index (κ1) is 9.03. The van der Waals surface area contributed by atoms with E-state index in [1.807, 2.05) is 6.07 Å². The lowest BCUT2D eigenvalue weighted by Crippen LogP contribution is -1.91. The predicted octanol–water partition coefficient (Wildman–Crippen LogP) is 2.14. The van der Waals surface area contributed by atoms with Crippen LogP contribution in [0, 0.1) is 0 Å². The van der Waals surface area contributed by atoms with E-state index in [9.17, 15) is 5.11 Å². The van der Waals surface area contributed by atoms with Crippen molar-refractivity contribution in [3.8, 4) is 5.75 Å². The van der Waals surface area contributed by atoms with Crippen LogP contribution in [0.25, 0.3) is 0 Å². The first-order valence-corrected chi connectivity index (χ1v) is 5.16. The number of rotatable bonds is 1. The van der Waals surface area contributed by atoms with Crippen LogP contribution in [0.4, 0.5) is 0 Å². The van der Waals surface area contributed by atoms with Gasteiger partial charge in [-0.3, -0.25) is 0 Å². The van der Waals surface area contributed by atoms with Crippen LogP contribution >= 0.6 is 15.9 Å². The van der Waals surface area contributed by atoms with E-state index in [-0.39, 0.29) is 12.4 Å². The number of hydrogen-bond donors (Lipinski definition) is 2. The topological polar surface area (TPSA) is 40.5 Å². The van der Waals surface area contributed by atoms with Gasteiger partial charge in [0.05, 0.1) is 11.1 Å². The number of benzene rings is 1. The molecule has 0 unspecified atom stereocenters. The molecule has 2 N–H and O–H groups in total. The molecule has 3 heteroatoms. The van der Waals surface area contributed by atoms with Gasteiger partial charge in [0.2, 0.25) is 0 Å². The first-order valence-electron chi connectivity index (χ1n) is 4.37. The molecule has 1 aliphatic rings. The Balaban J connectivity index is 2.61. The highest BCUT2D eigenvalue weighted by atomic mass is 79.9. The van der Waals surface area contributed by atoms with Crippen LogP contribution < -0.4 is 0 Å². The summed E-state index contributed by atoms with van der Waals surface area (Å²) >= 11 is 3.36. The van der Waals surface area contributed by atoms with Gasteiger partial charge in [0, 0.05) is 5.56 Å². The monoisotopic (exact) mass is 242 g/mol. The Bertz CT molecular complexity index is 347. The molecule has 70 valence electrons. The molecule has 0 aliphatic heterocycles. The summed E-state index contributed by atoms with van der Waals surface area (Å²) in [6.07, 6.45) is 3.22. The number of halogens is 1. The van der Waals surface area contributed by atoms with Crippen molar-refractivity contribution in [1.29, 1.82) is 0 Å². The zero-order valence-electron chi connectivity index (χ0n) is 7.18. The molecular formula is C10H11BrO2. The van der Waals surface area contributed by atoms with E-state index in [2.05, 4.69) is 15.9 Å². The van der Waals surface area contributed by atoms with Crippen molar-refractivity contribution in [3.63, 3.8) is 0 Å². The third-order valence-electron chi connectivity index (χ3n) is 2.56. The molecule has 0 heterocycles. The average molecular weight is 243 g/mol. The number of fused-ring (bicyclic) bond motifs is 1. The molecule has 1 aromatic rings. The van der Waals surface area contributed by atoms with Crippen molar-refractivity contribution in [2.75, 3.05) is 0 Å². The summed E-state index contributed by atoms with van der Waals surface area (Å²) in [5, 5.41) is 18.6. The summed E-state index contributed by atoms with van der Waals surface area (Å²) in [5.74, 6) is 0.197. The van der Waals surface area contributed by atoms with E-state index in [0.717, 1.165) is 23.7 Å². The molecule has 0 spiro atoms. The normalized spacial score (nSPS) is 14.6. The van der Waals surface area contributed by atoms with Crippen molar-refractivity contribution in [2.45, 2.75) is 25.9 Å². The molecule has 2 nitrogen and oxygen atoms in total. The fourth-order valence-corrected chi connectivity index (χ4v) is 2.57. The molecule has 2 rings (SSSR count). The Morgan fingerprint density at radius 2 is 2.15 bits per heavy atom. The summed E-state index contributed by atoms with van der Waals surface area (Å²) < 4.78 is 0.770. The second-order valence-electron chi connectivity index (χ2n) is 3.35. The van der Waals surface area contributed by atoms with Crippen molar-refractivity contribution in [1.82, 2.24) is 0 Å². The van der Waals surface area contributed by atoms with Gasteiger partial charge in [-0.1, -0.05) is 0 Å². The van der Waals surface area contributed by atoms with E-state index in [1.54, 1.807) is 0 Å². The van der Waals surface area contributed by atoms with Crippen LogP contribution in [0.1, 0.15) is 23.1 Å². The van der Waals surface area contributed by atoms with Crippen LogP contribution in [0.2, 0.25) is 0 Å². The summed E-state index contributed by atoms with van der Waals surface area (Å²) in [6, 6.07) is 1.91. The molecule has 1 aromatic carbocycles. The SMILES string of the molecule is OCc1cc2c(c(Br)c1O)CCC2. The maximum Gasteiger partial charge on any atom is 0.135 e. The number of aliphatic hydroxyl groups is 1. The minimum Gasteiger partial charge on any atom is -0.506 e. The van der Waals surface area contributed by atoms with Gasteiger partial charge in [-0.15, -0.1) is 0 Å². The Labute approximate surface area is 85.3 Å². The molecule has 0 saturated carbocycles. The zero-order chi connectivity index (χ0) is 9.42. The first-order chi connectivity index (χ1) is 6.24. The van der Waals surface area contributed by atoms with Gasteiger partial charge in [-0.25, -0.2) is 0 Å². The Morgan fingerprint density at radius 3 is 2.85 bits per heavy atom. The molecular weight excluding hydrogens is 232 g/mol. The van der Waals surface area contributed by atoms with Gasteiger partial charge in [0.1, 0.15) is 5.75 Å². The molecule has 0 radical (unpaired) electrons. The van der Waals surface area contributed by atoms with Crippen molar-refractivity contribution in [2.24, 2.45) is 0 Å². The number of aliphatic hydroxyl groups excluding tert-OH is 1. The highest BCUT2D eigenvalue weighted by Crippen LogP contribution is 2.38. The lowest BCUT2D eigenvalue weighted by Gasteiger charge is -2.09. The van der Waals surface area contributed by atoms with Gasteiger partial charge < -0.3 is 10.2 Å². The maximum absolute atomic E-state index is 9.65. The van der Waals surface area contributed by atoms with Crippen molar-refractivity contribution in [3.05, 3.63) is 27.2 Å². The minimum absolute atomic E-state index is 0.0995. The smallest absolute Gasteiger partial charge is 0.135 e. The lowest BCUT2D eigenvalue weighted by molar-refractivity contribution is 0.275. The Morgan fingerprint density at radius 1 is 1.38 bits per heavy atom. The highest BCUT2D eigenvalue weighted by molar-refractivity contribution is 9.10. The summed E-state index contributed by atoms with van der Waals surface area (Å²) in [6.45, 7) is -0.0995. The fraction of sp³-hybridized carbons (Fsp3) is 0.400. The van der Waals surface area contributed by atoms with Gasteiger partial charge in [-0.2, -0.15) is 0 Å². The van der Waals surface area contributed by atoms with E-state index < -0.39 is 0 Å². The molecule has 0 amide bonds. The molecule has 0 fully saturated rings. The van der Waals surface area contributed by atoms with Crippen LogP contribution in [0.15, 0.2) is 10.5 Å². The van der Waals surface area contributed by atoms with E-state index in [0.29, 0.717) is 5.56 Å². The number of aromatic hydroxyl groups is 1. The maximum atomic E-state index is 9.65. The van der Waals surface area contributed by atoms with Crippen LogP contribution in [-0.4, -0.2) is 10.2 Å². The van der Waals surface area contributed by atoms with Gasteiger partial charge in [-0.05, 0) is 52.4 Å². The van der Waals surface area contributed by atoms with Crippen LogP contribution in [-0.2, 0) is 19.4 Å². The molecule has 0 saturated heterocycles. The summed E-state index contributed by atoms with van der Waals surface area (Å²) in [5.41, 5.74) is 3.08. The quantitative estimate of drug-likeness (QED) is 0.793. The summed E-state index contributed by atoms with van der Waals surface area (Å²) in [4.78, 5) is 0. The highest BCUT2D eigenvalue weighted by Gasteiger charge is 2.18. The molecule has 0 aromatic heterocycles. The average Bonchev–Trinajstić information content (AvgIpc) is 2.59. The number of phenols is 1. The van der Waals surface area contributed by atoms with E-state index in [4.69, 9.17) is 5.11 Å². The Hall–Kier alpha value is -0.540. The van der Waals surface area contributed by atoms with E-state index in [1.165, 1.54) is 11.1 Å². The number of aryl methyl sites for hydroxylation is 1. The Kier molecular flexibility index (Phi) is 2.30. The van der Waals surface area contributed by atoms with Crippen LogP contribution in [0.5, 0.6) is 5.75 Å². The molecule has 1 aliphatic carbocycles. The van der Waals surface area contributed by atoms with Crippen molar-refractivity contribution < 1.29 is 10.2 Å². The summed E-state index contributed by atoms with van der Waals surface area (Å²) in [7, 11) is 0. The molecule has 13 heavy (non-hydrogen) atoms.